The summed E-state index contributed by atoms with van der Waals surface area (Å²) in [5.41, 5.74) is 0. The topological polar surface area (TPSA) is 51.2 Å². The summed E-state index contributed by atoms with van der Waals surface area (Å²) in [5.74, 6) is 0.397. The minimum absolute atomic E-state index is 0.00845. The molecule has 1 rings (SSSR count). The van der Waals surface area contributed by atoms with Gasteiger partial charge >= 0.3 is 0 Å². The van der Waals surface area contributed by atoms with Crippen LogP contribution in [0.2, 0.25) is 0 Å². The summed E-state index contributed by atoms with van der Waals surface area (Å²) in [6.07, 6.45) is 4.06. The average molecular weight is 246 g/mol. The zero-order chi connectivity index (χ0) is 12.4. The lowest BCUT2D eigenvalue weighted by Crippen LogP contribution is -2.32. The molecule has 94 valence electrons. The highest BCUT2D eigenvalue weighted by atomic mass is 32.2. The molecule has 16 heavy (non-hydrogen) atoms. The van der Waals surface area contributed by atoms with Gasteiger partial charge in [-0.2, -0.15) is 0 Å². The van der Waals surface area contributed by atoms with Crippen molar-refractivity contribution >= 4 is 15.6 Å². The summed E-state index contributed by atoms with van der Waals surface area (Å²) in [7, 11) is -3.07. The van der Waals surface area contributed by atoms with E-state index in [2.05, 4.69) is 0 Å². The third-order valence-corrected chi connectivity index (χ3v) is 5.99. The smallest absolute Gasteiger partial charge is 0.155 e. The van der Waals surface area contributed by atoms with Crippen LogP contribution in [0.3, 0.4) is 0 Å². The molecule has 0 aromatic carbocycles. The molecule has 0 radical (unpaired) electrons. The number of rotatable bonds is 3. The van der Waals surface area contributed by atoms with Crippen molar-refractivity contribution in [3.8, 4) is 0 Å². The van der Waals surface area contributed by atoms with Gasteiger partial charge in [0.25, 0.3) is 0 Å². The van der Waals surface area contributed by atoms with Gasteiger partial charge in [-0.1, -0.05) is 6.42 Å². The Hall–Kier alpha value is -0.380. The summed E-state index contributed by atoms with van der Waals surface area (Å²) in [4.78, 5) is 11.6. The van der Waals surface area contributed by atoms with Crippen LogP contribution in [0.25, 0.3) is 0 Å². The molecule has 0 aromatic heterocycles. The van der Waals surface area contributed by atoms with Crippen LogP contribution in [-0.2, 0) is 14.6 Å². The zero-order valence-corrected chi connectivity index (χ0v) is 11.3. The van der Waals surface area contributed by atoms with Gasteiger partial charge in [-0.05, 0) is 40.0 Å². The van der Waals surface area contributed by atoms with Crippen molar-refractivity contribution in [1.82, 2.24) is 0 Å². The second-order valence-electron chi connectivity index (χ2n) is 5.63. The lowest BCUT2D eigenvalue weighted by Gasteiger charge is -2.23. The standard InChI is InChI=1S/C12H22O3S/c1-12(2,3)16(14,15)9-8-10-6-4-5-7-11(10)13/h10H,4-9H2,1-3H3. The van der Waals surface area contributed by atoms with Gasteiger partial charge in [-0.15, -0.1) is 0 Å². The third kappa shape index (κ3) is 3.30. The van der Waals surface area contributed by atoms with E-state index in [1.807, 2.05) is 0 Å². The van der Waals surface area contributed by atoms with Crippen molar-refractivity contribution in [3.63, 3.8) is 0 Å². The van der Waals surface area contributed by atoms with Gasteiger partial charge in [0.2, 0.25) is 0 Å². The molecule has 1 aliphatic carbocycles. The van der Waals surface area contributed by atoms with Crippen LogP contribution < -0.4 is 0 Å². The predicted octanol–water partition coefficient (Wildman–Crippen LogP) is 2.35. The lowest BCUT2D eigenvalue weighted by atomic mass is 9.86. The van der Waals surface area contributed by atoms with Crippen LogP contribution in [0.1, 0.15) is 52.9 Å². The Bertz CT molecular complexity index is 349. The number of Topliss-reactive ketones (excluding diaryl/α,β-unsaturated/α-hetero) is 1. The number of carbonyl (C=O) groups is 1. The number of hydrogen-bond acceptors (Lipinski definition) is 3. The Balaban J connectivity index is 2.54. The van der Waals surface area contributed by atoms with Crippen LogP contribution >= 0.6 is 0 Å². The fraction of sp³-hybridized carbons (Fsp3) is 0.917. The predicted molar refractivity (Wildman–Crippen MR) is 65.1 cm³/mol. The molecule has 0 N–H and O–H groups in total. The minimum atomic E-state index is -3.07. The average Bonchev–Trinajstić information content (AvgIpc) is 2.15. The van der Waals surface area contributed by atoms with E-state index >= 15 is 0 Å². The van der Waals surface area contributed by atoms with Crippen LogP contribution in [0.15, 0.2) is 0 Å². The third-order valence-electron chi connectivity index (χ3n) is 3.35. The molecule has 0 aromatic rings. The number of sulfone groups is 1. The molecule has 0 heterocycles. The van der Waals surface area contributed by atoms with Crippen molar-refractivity contribution < 1.29 is 13.2 Å². The summed E-state index contributed by atoms with van der Waals surface area (Å²) in [5, 5.41) is 0. The molecule has 0 spiro atoms. The van der Waals surface area contributed by atoms with E-state index in [9.17, 15) is 13.2 Å². The molecular weight excluding hydrogens is 224 g/mol. The molecule has 1 saturated carbocycles. The van der Waals surface area contributed by atoms with Gasteiger partial charge in [0.1, 0.15) is 5.78 Å². The minimum Gasteiger partial charge on any atom is -0.299 e. The molecule has 1 atom stereocenters. The maximum Gasteiger partial charge on any atom is 0.155 e. The maximum atomic E-state index is 11.9. The Morgan fingerprint density at radius 1 is 1.25 bits per heavy atom. The molecule has 1 aliphatic rings. The summed E-state index contributed by atoms with van der Waals surface area (Å²) in [6.45, 7) is 5.14. The van der Waals surface area contributed by atoms with Gasteiger partial charge in [0.15, 0.2) is 9.84 Å². The van der Waals surface area contributed by atoms with Crippen molar-refractivity contribution in [3.05, 3.63) is 0 Å². The molecule has 0 bridgehead atoms. The van der Waals surface area contributed by atoms with Crippen molar-refractivity contribution in [2.75, 3.05) is 5.75 Å². The molecule has 1 fully saturated rings. The molecule has 0 saturated heterocycles. The first-order valence-electron chi connectivity index (χ1n) is 5.99. The molecule has 1 unspecified atom stereocenters. The van der Waals surface area contributed by atoms with Crippen molar-refractivity contribution in [1.29, 1.82) is 0 Å². The summed E-state index contributed by atoms with van der Waals surface area (Å²) >= 11 is 0. The summed E-state index contributed by atoms with van der Waals surface area (Å²) < 4.78 is 23.1. The number of carbonyl (C=O) groups excluding carboxylic acids is 1. The SMILES string of the molecule is CC(C)(C)S(=O)(=O)CCC1CCCCC1=O. The Morgan fingerprint density at radius 2 is 1.88 bits per heavy atom. The number of hydrogen-bond donors (Lipinski definition) is 0. The highest BCUT2D eigenvalue weighted by Crippen LogP contribution is 2.26. The van der Waals surface area contributed by atoms with E-state index in [1.54, 1.807) is 20.8 Å². The Kier molecular flexibility index (Phi) is 4.16. The van der Waals surface area contributed by atoms with E-state index in [0.29, 0.717) is 12.8 Å². The van der Waals surface area contributed by atoms with E-state index in [1.165, 1.54) is 0 Å². The van der Waals surface area contributed by atoms with Gasteiger partial charge in [0.05, 0.1) is 10.5 Å². The first-order valence-corrected chi connectivity index (χ1v) is 7.64. The lowest BCUT2D eigenvalue weighted by molar-refractivity contribution is -0.124. The van der Waals surface area contributed by atoms with E-state index in [-0.39, 0.29) is 17.5 Å². The molecule has 4 heteroatoms. The van der Waals surface area contributed by atoms with Crippen LogP contribution in [0.5, 0.6) is 0 Å². The summed E-state index contributed by atoms with van der Waals surface area (Å²) in [6, 6.07) is 0. The highest BCUT2D eigenvalue weighted by molar-refractivity contribution is 7.92. The Morgan fingerprint density at radius 3 is 2.38 bits per heavy atom. The molecule has 0 aliphatic heterocycles. The second kappa shape index (κ2) is 4.86. The zero-order valence-electron chi connectivity index (χ0n) is 10.5. The van der Waals surface area contributed by atoms with Crippen LogP contribution in [0, 0.1) is 5.92 Å². The molecule has 3 nitrogen and oxygen atoms in total. The fourth-order valence-corrected chi connectivity index (χ4v) is 3.17. The van der Waals surface area contributed by atoms with Gasteiger partial charge in [-0.3, -0.25) is 4.79 Å². The quantitative estimate of drug-likeness (QED) is 0.768. The molecule has 0 amide bonds. The van der Waals surface area contributed by atoms with E-state index in [4.69, 9.17) is 0 Å². The van der Waals surface area contributed by atoms with Gasteiger partial charge in [0, 0.05) is 12.3 Å². The van der Waals surface area contributed by atoms with Crippen LogP contribution in [-0.4, -0.2) is 24.7 Å². The normalized spacial score (nSPS) is 23.4. The van der Waals surface area contributed by atoms with Crippen LogP contribution in [0.4, 0.5) is 0 Å². The first kappa shape index (κ1) is 13.7. The molecular formula is C12H22O3S. The first-order chi connectivity index (χ1) is 7.24. The van der Waals surface area contributed by atoms with Crippen molar-refractivity contribution in [2.24, 2.45) is 5.92 Å². The van der Waals surface area contributed by atoms with E-state index < -0.39 is 14.6 Å². The maximum absolute atomic E-state index is 11.9. The van der Waals surface area contributed by atoms with Crippen molar-refractivity contribution in [2.45, 2.75) is 57.6 Å². The van der Waals surface area contributed by atoms with Gasteiger partial charge in [-0.25, -0.2) is 8.42 Å². The van der Waals surface area contributed by atoms with Gasteiger partial charge < -0.3 is 0 Å². The second-order valence-corrected chi connectivity index (χ2v) is 8.49. The van der Waals surface area contributed by atoms with E-state index in [0.717, 1.165) is 19.3 Å². The largest absolute Gasteiger partial charge is 0.299 e. The monoisotopic (exact) mass is 246 g/mol. The highest BCUT2D eigenvalue weighted by Gasteiger charge is 2.31. The number of ketones is 1. The Labute approximate surface area is 98.5 Å². The fourth-order valence-electron chi connectivity index (χ4n) is 1.96.